The Hall–Kier alpha value is -1.20. The van der Waals surface area contributed by atoms with E-state index in [0.717, 1.165) is 19.3 Å². The molecule has 0 saturated heterocycles. The Balaban J connectivity index is 2.21. The van der Waals surface area contributed by atoms with E-state index < -0.39 is 29.6 Å². The maximum Gasteiger partial charge on any atom is 0.303 e. The Morgan fingerprint density at radius 1 is 1.12 bits per heavy atom. The van der Waals surface area contributed by atoms with Gasteiger partial charge in [-0.25, -0.2) is 0 Å². The molecule has 144 valence electrons. The molecule has 2 N–H and O–H groups in total. The summed E-state index contributed by atoms with van der Waals surface area (Å²) < 4.78 is 4.96. The van der Waals surface area contributed by atoms with Crippen LogP contribution in [-0.2, 0) is 14.3 Å². The standard InChI is InChI=1S/C20H34O5/c1-3-4-5-6-7-8-9-10-11-12-13-17(22)20(24)18(23)14-15-19(20)25-16(2)21/h14-15,17,19,22,24H,3-13H2,1-2H3/t17-,19+,20+/m0/s1. The summed E-state index contributed by atoms with van der Waals surface area (Å²) in [7, 11) is 0. The van der Waals surface area contributed by atoms with E-state index in [1.54, 1.807) is 0 Å². The van der Waals surface area contributed by atoms with E-state index in [1.807, 2.05) is 0 Å². The maximum absolute atomic E-state index is 11.9. The molecule has 1 aliphatic rings. The van der Waals surface area contributed by atoms with E-state index in [1.165, 1.54) is 64.0 Å². The second-order valence-electron chi connectivity index (χ2n) is 7.07. The first-order chi connectivity index (χ1) is 11.9. The Morgan fingerprint density at radius 3 is 2.16 bits per heavy atom. The van der Waals surface area contributed by atoms with E-state index in [4.69, 9.17) is 4.74 Å². The predicted molar refractivity (Wildman–Crippen MR) is 97.1 cm³/mol. The highest BCUT2D eigenvalue weighted by molar-refractivity contribution is 6.01. The van der Waals surface area contributed by atoms with Gasteiger partial charge in [-0.05, 0) is 18.6 Å². The van der Waals surface area contributed by atoms with Gasteiger partial charge in [-0.15, -0.1) is 0 Å². The largest absolute Gasteiger partial charge is 0.455 e. The van der Waals surface area contributed by atoms with Gasteiger partial charge >= 0.3 is 5.97 Å². The van der Waals surface area contributed by atoms with Crippen molar-refractivity contribution in [2.45, 2.75) is 102 Å². The number of ether oxygens (including phenoxy) is 1. The number of unbranched alkanes of at least 4 members (excludes halogenated alkanes) is 9. The van der Waals surface area contributed by atoms with Gasteiger partial charge in [0.2, 0.25) is 0 Å². The molecule has 0 unspecified atom stereocenters. The molecule has 0 aromatic carbocycles. The third kappa shape index (κ3) is 6.90. The molecule has 1 rings (SSSR count). The average molecular weight is 354 g/mol. The number of aliphatic hydroxyl groups excluding tert-OH is 1. The zero-order chi connectivity index (χ0) is 18.7. The van der Waals surface area contributed by atoms with Crippen LogP contribution in [0.4, 0.5) is 0 Å². The highest BCUT2D eigenvalue weighted by Gasteiger charge is 2.52. The molecule has 0 aromatic rings. The summed E-state index contributed by atoms with van der Waals surface area (Å²) in [5.74, 6) is -1.19. The van der Waals surface area contributed by atoms with E-state index in [2.05, 4.69) is 6.92 Å². The summed E-state index contributed by atoms with van der Waals surface area (Å²) in [5, 5.41) is 20.8. The van der Waals surface area contributed by atoms with Crippen LogP contribution in [0.25, 0.3) is 0 Å². The van der Waals surface area contributed by atoms with Crippen molar-refractivity contribution in [1.29, 1.82) is 0 Å². The number of hydrogen-bond donors (Lipinski definition) is 2. The predicted octanol–water partition coefficient (Wildman–Crippen LogP) is 3.46. The minimum Gasteiger partial charge on any atom is -0.455 e. The monoisotopic (exact) mass is 354 g/mol. The number of rotatable bonds is 13. The van der Waals surface area contributed by atoms with E-state index in [0.29, 0.717) is 6.42 Å². The first-order valence-corrected chi connectivity index (χ1v) is 9.73. The minimum atomic E-state index is -2.04. The van der Waals surface area contributed by atoms with Crippen LogP contribution in [0.2, 0.25) is 0 Å². The van der Waals surface area contributed by atoms with Crippen LogP contribution in [0, 0.1) is 0 Å². The smallest absolute Gasteiger partial charge is 0.303 e. The lowest BCUT2D eigenvalue weighted by atomic mass is 9.87. The molecule has 0 radical (unpaired) electrons. The average Bonchev–Trinajstić information content (AvgIpc) is 2.85. The van der Waals surface area contributed by atoms with Crippen molar-refractivity contribution in [3.8, 4) is 0 Å². The third-order valence-electron chi connectivity index (χ3n) is 4.88. The van der Waals surface area contributed by atoms with Gasteiger partial charge in [0, 0.05) is 6.92 Å². The normalized spacial score (nSPS) is 23.8. The van der Waals surface area contributed by atoms with Crippen molar-refractivity contribution in [2.24, 2.45) is 0 Å². The number of hydrogen-bond acceptors (Lipinski definition) is 5. The molecular weight excluding hydrogens is 320 g/mol. The summed E-state index contributed by atoms with van der Waals surface area (Å²) in [5.41, 5.74) is -2.04. The number of esters is 1. The molecule has 0 bridgehead atoms. The van der Waals surface area contributed by atoms with Crippen LogP contribution < -0.4 is 0 Å². The lowest BCUT2D eigenvalue weighted by molar-refractivity contribution is -0.174. The topological polar surface area (TPSA) is 83.8 Å². The summed E-state index contributed by atoms with van der Waals surface area (Å²) in [4.78, 5) is 23.0. The fraction of sp³-hybridized carbons (Fsp3) is 0.800. The first kappa shape index (κ1) is 21.8. The van der Waals surface area contributed by atoms with Gasteiger partial charge in [-0.2, -0.15) is 0 Å². The molecule has 0 aromatic heterocycles. The zero-order valence-electron chi connectivity index (χ0n) is 15.7. The summed E-state index contributed by atoms with van der Waals surface area (Å²) in [6, 6.07) is 0. The molecule has 0 heterocycles. The van der Waals surface area contributed by atoms with Crippen LogP contribution in [-0.4, -0.2) is 39.8 Å². The summed E-state index contributed by atoms with van der Waals surface area (Å²) in [6.45, 7) is 3.43. The lowest BCUT2D eigenvalue weighted by Gasteiger charge is -2.32. The van der Waals surface area contributed by atoms with Crippen LogP contribution in [0.5, 0.6) is 0 Å². The Bertz CT molecular complexity index is 445. The highest BCUT2D eigenvalue weighted by Crippen LogP contribution is 2.30. The van der Waals surface area contributed by atoms with Gasteiger partial charge in [-0.3, -0.25) is 9.59 Å². The van der Waals surface area contributed by atoms with Crippen molar-refractivity contribution in [1.82, 2.24) is 0 Å². The third-order valence-corrected chi connectivity index (χ3v) is 4.88. The Kier molecular flexibility index (Phi) is 9.98. The number of carbonyl (C=O) groups excluding carboxylic acids is 2. The zero-order valence-corrected chi connectivity index (χ0v) is 15.7. The minimum absolute atomic E-state index is 0.318. The second-order valence-corrected chi connectivity index (χ2v) is 7.07. The maximum atomic E-state index is 11.9. The fourth-order valence-electron chi connectivity index (χ4n) is 3.30. The quantitative estimate of drug-likeness (QED) is 0.391. The van der Waals surface area contributed by atoms with Crippen LogP contribution in [0.15, 0.2) is 12.2 Å². The highest BCUT2D eigenvalue weighted by atomic mass is 16.6. The number of carbonyl (C=O) groups is 2. The van der Waals surface area contributed by atoms with Gasteiger partial charge in [-0.1, -0.05) is 71.1 Å². The SMILES string of the molecule is CCCCCCCCCCCC[C@H](O)[C@@]1(O)C(=O)C=C[C@H]1OC(C)=O. The molecule has 0 aliphatic heterocycles. The van der Waals surface area contributed by atoms with Gasteiger partial charge < -0.3 is 14.9 Å². The molecule has 3 atom stereocenters. The number of aliphatic hydroxyl groups is 2. The van der Waals surface area contributed by atoms with Crippen molar-refractivity contribution in [2.75, 3.05) is 0 Å². The van der Waals surface area contributed by atoms with E-state index in [-0.39, 0.29) is 0 Å². The van der Waals surface area contributed by atoms with Crippen LogP contribution in [0.1, 0.15) is 84.5 Å². The molecular formula is C20H34O5. The molecule has 0 saturated carbocycles. The second kappa shape index (κ2) is 11.4. The van der Waals surface area contributed by atoms with Gasteiger partial charge in [0.05, 0.1) is 6.10 Å². The summed E-state index contributed by atoms with van der Waals surface area (Å²) >= 11 is 0. The molecule has 1 aliphatic carbocycles. The van der Waals surface area contributed by atoms with Crippen molar-refractivity contribution < 1.29 is 24.5 Å². The van der Waals surface area contributed by atoms with Crippen LogP contribution >= 0.6 is 0 Å². The molecule has 5 nitrogen and oxygen atoms in total. The van der Waals surface area contributed by atoms with Crippen molar-refractivity contribution in [3.05, 3.63) is 12.2 Å². The Morgan fingerprint density at radius 2 is 1.64 bits per heavy atom. The van der Waals surface area contributed by atoms with Gasteiger partial charge in [0.25, 0.3) is 0 Å². The summed E-state index contributed by atoms with van der Waals surface area (Å²) in [6.07, 6.45) is 12.2. The van der Waals surface area contributed by atoms with Crippen molar-refractivity contribution in [3.63, 3.8) is 0 Å². The van der Waals surface area contributed by atoms with E-state index in [9.17, 15) is 19.8 Å². The van der Waals surface area contributed by atoms with Gasteiger partial charge in [0.15, 0.2) is 17.5 Å². The van der Waals surface area contributed by atoms with Crippen molar-refractivity contribution >= 4 is 11.8 Å². The number of ketones is 1. The van der Waals surface area contributed by atoms with E-state index >= 15 is 0 Å². The molecule has 25 heavy (non-hydrogen) atoms. The molecule has 0 fully saturated rings. The van der Waals surface area contributed by atoms with Gasteiger partial charge in [0.1, 0.15) is 0 Å². The Labute approximate surface area is 151 Å². The molecule has 5 heteroatoms. The first-order valence-electron chi connectivity index (χ1n) is 9.73. The molecule has 0 amide bonds. The fourth-order valence-corrected chi connectivity index (χ4v) is 3.30. The lowest BCUT2D eigenvalue weighted by Crippen LogP contribution is -2.55. The molecule has 0 spiro atoms. The van der Waals surface area contributed by atoms with Crippen LogP contribution in [0.3, 0.4) is 0 Å².